The first-order chi connectivity index (χ1) is 10.2. The van der Waals surface area contributed by atoms with Gasteiger partial charge in [-0.05, 0) is 48.4 Å². The molecule has 0 saturated heterocycles. The van der Waals surface area contributed by atoms with E-state index in [0.29, 0.717) is 17.5 Å². The smallest absolute Gasteiger partial charge is 0.182 e. The summed E-state index contributed by atoms with van der Waals surface area (Å²) in [5, 5.41) is 12.0. The van der Waals surface area contributed by atoms with E-state index in [-0.39, 0.29) is 6.04 Å². The van der Waals surface area contributed by atoms with Gasteiger partial charge < -0.3 is 15.2 Å². The van der Waals surface area contributed by atoms with Crippen LogP contribution in [0, 0.1) is 0 Å². The van der Waals surface area contributed by atoms with Gasteiger partial charge in [-0.2, -0.15) is 0 Å². The summed E-state index contributed by atoms with van der Waals surface area (Å²) in [5.41, 5.74) is 7.41. The summed E-state index contributed by atoms with van der Waals surface area (Å²) < 4.78 is 12.6. The Kier molecular flexibility index (Phi) is 3.74. The van der Waals surface area contributed by atoms with Crippen molar-refractivity contribution in [2.24, 2.45) is 0 Å². The van der Waals surface area contributed by atoms with Gasteiger partial charge in [0.25, 0.3) is 0 Å². The molecule has 1 aliphatic rings. The van der Waals surface area contributed by atoms with E-state index in [1.807, 2.05) is 29.8 Å². The average molecular weight is 289 g/mol. The van der Waals surface area contributed by atoms with Crippen LogP contribution in [-0.4, -0.2) is 40.0 Å². The standard InChI is InChI=1S/C14H19N5O2/c1-3-21-11-7-10(8-11)19-14(16-17-18-19)9-4-5-13(20-2)12(15)6-9/h4-6,10-11H,3,7-8,15H2,1-2H3. The van der Waals surface area contributed by atoms with Crippen LogP contribution in [0.5, 0.6) is 5.75 Å². The number of rotatable bonds is 5. The van der Waals surface area contributed by atoms with Gasteiger partial charge in [0.2, 0.25) is 0 Å². The Balaban J connectivity index is 1.81. The van der Waals surface area contributed by atoms with E-state index >= 15 is 0 Å². The number of hydrogen-bond donors (Lipinski definition) is 1. The Morgan fingerprint density at radius 3 is 2.86 bits per heavy atom. The van der Waals surface area contributed by atoms with E-state index in [9.17, 15) is 0 Å². The van der Waals surface area contributed by atoms with E-state index in [1.165, 1.54) is 0 Å². The summed E-state index contributed by atoms with van der Waals surface area (Å²) in [5.74, 6) is 1.38. The first-order valence-electron chi connectivity index (χ1n) is 7.06. The van der Waals surface area contributed by atoms with E-state index < -0.39 is 0 Å². The van der Waals surface area contributed by atoms with Gasteiger partial charge in [0.1, 0.15) is 5.75 Å². The summed E-state index contributed by atoms with van der Waals surface area (Å²) >= 11 is 0. The molecule has 1 heterocycles. The Labute approximate surface area is 123 Å². The van der Waals surface area contributed by atoms with Gasteiger partial charge in [-0.25, -0.2) is 4.68 Å². The molecule has 0 spiro atoms. The molecule has 7 nitrogen and oxygen atoms in total. The van der Waals surface area contributed by atoms with Crippen molar-refractivity contribution in [2.75, 3.05) is 19.5 Å². The van der Waals surface area contributed by atoms with Crippen LogP contribution >= 0.6 is 0 Å². The Morgan fingerprint density at radius 2 is 2.19 bits per heavy atom. The number of hydrogen-bond acceptors (Lipinski definition) is 6. The Hall–Kier alpha value is -2.15. The molecular formula is C14H19N5O2. The van der Waals surface area contributed by atoms with Crippen LogP contribution in [0.25, 0.3) is 11.4 Å². The van der Waals surface area contributed by atoms with Crippen molar-refractivity contribution in [1.82, 2.24) is 20.2 Å². The van der Waals surface area contributed by atoms with Crippen LogP contribution in [0.15, 0.2) is 18.2 Å². The lowest BCUT2D eigenvalue weighted by molar-refractivity contribution is -0.0227. The molecule has 1 saturated carbocycles. The van der Waals surface area contributed by atoms with E-state index in [2.05, 4.69) is 15.5 Å². The molecule has 2 aromatic rings. The van der Waals surface area contributed by atoms with Gasteiger partial charge in [-0.3, -0.25) is 0 Å². The van der Waals surface area contributed by atoms with Crippen molar-refractivity contribution < 1.29 is 9.47 Å². The molecule has 0 unspecified atom stereocenters. The number of nitrogens with two attached hydrogens (primary N) is 1. The fraction of sp³-hybridized carbons (Fsp3) is 0.500. The van der Waals surface area contributed by atoms with Crippen molar-refractivity contribution in [2.45, 2.75) is 31.9 Å². The second-order valence-electron chi connectivity index (χ2n) is 5.11. The summed E-state index contributed by atoms with van der Waals surface area (Å²) in [6.45, 7) is 2.75. The molecule has 0 amide bonds. The topological polar surface area (TPSA) is 88.1 Å². The van der Waals surface area contributed by atoms with Crippen molar-refractivity contribution in [1.29, 1.82) is 0 Å². The van der Waals surface area contributed by atoms with Gasteiger partial charge in [-0.1, -0.05) is 0 Å². The number of ether oxygens (including phenoxy) is 2. The second-order valence-corrected chi connectivity index (χ2v) is 5.11. The highest BCUT2D eigenvalue weighted by molar-refractivity contribution is 5.66. The van der Waals surface area contributed by atoms with E-state index in [0.717, 1.165) is 30.8 Å². The van der Waals surface area contributed by atoms with Crippen LogP contribution < -0.4 is 10.5 Å². The van der Waals surface area contributed by atoms with Crippen molar-refractivity contribution in [3.8, 4) is 17.1 Å². The Bertz CT molecular complexity index is 622. The fourth-order valence-corrected chi connectivity index (χ4v) is 2.61. The summed E-state index contributed by atoms with van der Waals surface area (Å²) in [6.07, 6.45) is 2.20. The molecule has 1 aromatic carbocycles. The van der Waals surface area contributed by atoms with E-state index in [1.54, 1.807) is 7.11 Å². The third-order valence-corrected chi connectivity index (χ3v) is 3.80. The van der Waals surface area contributed by atoms with Gasteiger partial charge in [0.05, 0.1) is 24.9 Å². The van der Waals surface area contributed by atoms with Gasteiger partial charge in [0, 0.05) is 12.2 Å². The summed E-state index contributed by atoms with van der Waals surface area (Å²) in [4.78, 5) is 0. The van der Waals surface area contributed by atoms with Gasteiger partial charge in [-0.15, -0.1) is 5.10 Å². The highest BCUT2D eigenvalue weighted by Gasteiger charge is 2.33. The molecule has 1 fully saturated rings. The second kappa shape index (κ2) is 5.69. The molecule has 0 radical (unpaired) electrons. The average Bonchev–Trinajstić information content (AvgIpc) is 2.91. The zero-order valence-electron chi connectivity index (χ0n) is 12.2. The molecule has 0 aliphatic heterocycles. The van der Waals surface area contributed by atoms with Crippen LogP contribution in [0.2, 0.25) is 0 Å². The molecule has 1 aliphatic carbocycles. The van der Waals surface area contributed by atoms with Crippen LogP contribution in [-0.2, 0) is 4.74 Å². The van der Waals surface area contributed by atoms with Crippen molar-refractivity contribution >= 4 is 5.69 Å². The Morgan fingerprint density at radius 1 is 1.38 bits per heavy atom. The third-order valence-electron chi connectivity index (χ3n) is 3.80. The number of methoxy groups -OCH3 is 1. The fourth-order valence-electron chi connectivity index (χ4n) is 2.61. The lowest BCUT2D eigenvalue weighted by Gasteiger charge is -2.34. The highest BCUT2D eigenvalue weighted by atomic mass is 16.5. The normalized spacial score (nSPS) is 21.0. The van der Waals surface area contributed by atoms with Crippen molar-refractivity contribution in [3.63, 3.8) is 0 Å². The first-order valence-corrected chi connectivity index (χ1v) is 7.06. The largest absolute Gasteiger partial charge is 0.495 e. The number of anilines is 1. The predicted octanol–water partition coefficient (Wildman–Crippen LogP) is 1.67. The minimum Gasteiger partial charge on any atom is -0.495 e. The molecule has 1 aromatic heterocycles. The molecule has 112 valence electrons. The number of tetrazole rings is 1. The van der Waals surface area contributed by atoms with E-state index in [4.69, 9.17) is 15.2 Å². The molecule has 7 heteroatoms. The lowest BCUT2D eigenvalue weighted by atomic mass is 9.89. The van der Waals surface area contributed by atoms with Gasteiger partial charge >= 0.3 is 0 Å². The highest BCUT2D eigenvalue weighted by Crippen LogP contribution is 2.36. The molecular weight excluding hydrogens is 270 g/mol. The maximum atomic E-state index is 5.95. The van der Waals surface area contributed by atoms with Crippen LogP contribution in [0.3, 0.4) is 0 Å². The maximum absolute atomic E-state index is 5.95. The summed E-state index contributed by atoms with van der Waals surface area (Å²) in [7, 11) is 1.59. The predicted molar refractivity (Wildman–Crippen MR) is 77.9 cm³/mol. The number of benzene rings is 1. The third kappa shape index (κ3) is 2.56. The van der Waals surface area contributed by atoms with Crippen LogP contribution in [0.1, 0.15) is 25.8 Å². The minimum atomic E-state index is 0.287. The minimum absolute atomic E-state index is 0.287. The molecule has 21 heavy (non-hydrogen) atoms. The number of nitrogens with zero attached hydrogens (tertiary/aromatic N) is 4. The van der Waals surface area contributed by atoms with Gasteiger partial charge in [0.15, 0.2) is 5.82 Å². The zero-order valence-corrected chi connectivity index (χ0v) is 12.2. The molecule has 0 atom stereocenters. The summed E-state index contributed by atoms with van der Waals surface area (Å²) in [6, 6.07) is 5.86. The first kappa shape index (κ1) is 13.8. The molecule has 0 bridgehead atoms. The van der Waals surface area contributed by atoms with Crippen molar-refractivity contribution in [3.05, 3.63) is 18.2 Å². The SMILES string of the molecule is CCOC1CC(n2nnnc2-c2ccc(OC)c(N)c2)C1. The maximum Gasteiger partial charge on any atom is 0.182 e. The zero-order chi connectivity index (χ0) is 14.8. The lowest BCUT2D eigenvalue weighted by Crippen LogP contribution is -2.34. The number of aromatic nitrogens is 4. The number of nitrogen functional groups attached to an aromatic ring is 1. The monoisotopic (exact) mass is 289 g/mol. The molecule has 3 rings (SSSR count). The molecule has 2 N–H and O–H groups in total. The quantitative estimate of drug-likeness (QED) is 0.842. The van der Waals surface area contributed by atoms with Crippen LogP contribution in [0.4, 0.5) is 5.69 Å².